The van der Waals surface area contributed by atoms with Gasteiger partial charge in [0.2, 0.25) is 0 Å². The summed E-state index contributed by atoms with van der Waals surface area (Å²) in [5.74, 6) is 0.398. The molecule has 0 bridgehead atoms. The molecule has 0 atom stereocenters. The van der Waals surface area contributed by atoms with Crippen molar-refractivity contribution in [1.82, 2.24) is 4.90 Å². The highest BCUT2D eigenvalue weighted by atomic mass is 16.3. The minimum Gasteiger partial charge on any atom is -0.459 e. The molecule has 1 aromatic carbocycles. The zero-order valence-electron chi connectivity index (χ0n) is 12.7. The summed E-state index contributed by atoms with van der Waals surface area (Å²) in [5.41, 5.74) is 7.58. The van der Waals surface area contributed by atoms with Gasteiger partial charge in [-0.15, -0.1) is 0 Å². The van der Waals surface area contributed by atoms with Crippen LogP contribution in [0.4, 0.5) is 5.69 Å². The summed E-state index contributed by atoms with van der Waals surface area (Å²) < 4.78 is 5.31. The maximum atomic E-state index is 12.8. The van der Waals surface area contributed by atoms with Crippen LogP contribution in [-0.4, -0.2) is 16.8 Å². The predicted molar refractivity (Wildman–Crippen MR) is 86.3 cm³/mol. The van der Waals surface area contributed by atoms with E-state index in [1.54, 1.807) is 18.4 Å². The standard InChI is InChI=1S/C18H22N2O2/c19-15-10-8-14(9-11-15)13-20(16-5-2-1-3-6-16)18(21)17-7-4-12-22-17/h4,7-12,16H,1-3,5-6,13,19H2. The van der Waals surface area contributed by atoms with Crippen molar-refractivity contribution in [2.75, 3.05) is 5.73 Å². The molecule has 0 radical (unpaired) electrons. The number of anilines is 1. The largest absolute Gasteiger partial charge is 0.459 e. The maximum absolute atomic E-state index is 12.8. The van der Waals surface area contributed by atoms with Gasteiger partial charge in [-0.3, -0.25) is 4.79 Å². The highest BCUT2D eigenvalue weighted by molar-refractivity contribution is 5.91. The minimum atomic E-state index is -0.0197. The molecule has 2 aromatic rings. The molecule has 1 aromatic heterocycles. The van der Waals surface area contributed by atoms with E-state index in [9.17, 15) is 4.79 Å². The molecule has 0 saturated heterocycles. The van der Waals surface area contributed by atoms with Gasteiger partial charge in [-0.05, 0) is 42.7 Å². The van der Waals surface area contributed by atoms with Crippen LogP contribution in [0.15, 0.2) is 47.1 Å². The Hall–Kier alpha value is -2.23. The molecule has 3 rings (SSSR count). The first kappa shape index (κ1) is 14.7. The first-order valence-electron chi connectivity index (χ1n) is 7.93. The summed E-state index contributed by atoms with van der Waals surface area (Å²) in [6.07, 6.45) is 7.34. The molecule has 0 spiro atoms. The third-order valence-electron chi connectivity index (χ3n) is 4.34. The second-order valence-corrected chi connectivity index (χ2v) is 5.94. The normalized spacial score (nSPS) is 15.6. The van der Waals surface area contributed by atoms with Crippen molar-refractivity contribution in [1.29, 1.82) is 0 Å². The van der Waals surface area contributed by atoms with E-state index >= 15 is 0 Å². The lowest BCUT2D eigenvalue weighted by molar-refractivity contribution is 0.0581. The highest BCUT2D eigenvalue weighted by Crippen LogP contribution is 2.26. The summed E-state index contributed by atoms with van der Waals surface area (Å²) in [6, 6.07) is 11.5. The number of furan rings is 1. The van der Waals surface area contributed by atoms with Crippen molar-refractivity contribution in [3.05, 3.63) is 54.0 Å². The molecule has 4 heteroatoms. The molecular formula is C18H22N2O2. The zero-order chi connectivity index (χ0) is 15.4. The molecule has 4 nitrogen and oxygen atoms in total. The van der Waals surface area contributed by atoms with E-state index in [1.807, 2.05) is 29.2 Å². The van der Waals surface area contributed by atoms with Gasteiger partial charge in [-0.25, -0.2) is 0 Å². The Morgan fingerprint density at radius 2 is 1.86 bits per heavy atom. The highest BCUT2D eigenvalue weighted by Gasteiger charge is 2.27. The van der Waals surface area contributed by atoms with Gasteiger partial charge in [0, 0.05) is 18.3 Å². The SMILES string of the molecule is Nc1ccc(CN(C(=O)c2ccco2)C2CCCCC2)cc1. The third kappa shape index (κ3) is 3.32. The quantitative estimate of drug-likeness (QED) is 0.872. The molecule has 1 heterocycles. The molecule has 0 aliphatic heterocycles. The average Bonchev–Trinajstić information content (AvgIpc) is 3.09. The van der Waals surface area contributed by atoms with Gasteiger partial charge in [-0.2, -0.15) is 0 Å². The lowest BCUT2D eigenvalue weighted by Crippen LogP contribution is -2.40. The minimum absolute atomic E-state index is 0.0197. The molecule has 22 heavy (non-hydrogen) atoms. The maximum Gasteiger partial charge on any atom is 0.290 e. The Morgan fingerprint density at radius 1 is 1.14 bits per heavy atom. The topological polar surface area (TPSA) is 59.5 Å². The van der Waals surface area contributed by atoms with Crippen LogP contribution in [0.5, 0.6) is 0 Å². The summed E-state index contributed by atoms with van der Waals surface area (Å²) in [5, 5.41) is 0. The van der Waals surface area contributed by atoms with Crippen LogP contribution < -0.4 is 5.73 Å². The Morgan fingerprint density at radius 3 is 2.50 bits per heavy atom. The molecule has 1 saturated carbocycles. The fourth-order valence-electron chi connectivity index (χ4n) is 3.12. The van der Waals surface area contributed by atoms with Crippen LogP contribution in [0.25, 0.3) is 0 Å². The lowest BCUT2D eigenvalue weighted by Gasteiger charge is -2.34. The van der Waals surface area contributed by atoms with Crippen molar-refractivity contribution in [3.8, 4) is 0 Å². The molecule has 1 amide bonds. The van der Waals surface area contributed by atoms with E-state index in [0.29, 0.717) is 18.3 Å². The number of nitrogens with two attached hydrogens (primary N) is 1. The van der Waals surface area contributed by atoms with E-state index < -0.39 is 0 Å². The van der Waals surface area contributed by atoms with E-state index in [1.165, 1.54) is 19.3 Å². The fourth-order valence-corrected chi connectivity index (χ4v) is 3.12. The molecule has 2 N–H and O–H groups in total. The Kier molecular flexibility index (Phi) is 4.47. The number of carbonyl (C=O) groups excluding carboxylic acids is 1. The number of nitrogens with zero attached hydrogens (tertiary/aromatic N) is 1. The second-order valence-electron chi connectivity index (χ2n) is 5.94. The van der Waals surface area contributed by atoms with Crippen molar-refractivity contribution in [3.63, 3.8) is 0 Å². The molecule has 1 aliphatic rings. The van der Waals surface area contributed by atoms with Crippen LogP contribution in [0.2, 0.25) is 0 Å². The zero-order valence-corrected chi connectivity index (χ0v) is 12.7. The summed E-state index contributed by atoms with van der Waals surface area (Å²) in [6.45, 7) is 0.602. The van der Waals surface area contributed by atoms with E-state index in [2.05, 4.69) is 0 Å². The predicted octanol–water partition coefficient (Wildman–Crippen LogP) is 3.84. The van der Waals surface area contributed by atoms with Gasteiger partial charge in [0.05, 0.1) is 6.26 Å². The number of hydrogen-bond donors (Lipinski definition) is 1. The molecule has 0 unspecified atom stereocenters. The van der Waals surface area contributed by atoms with Gasteiger partial charge in [0.15, 0.2) is 5.76 Å². The molecule has 1 fully saturated rings. The van der Waals surface area contributed by atoms with Crippen molar-refractivity contribution in [2.45, 2.75) is 44.7 Å². The molecule has 116 valence electrons. The van der Waals surface area contributed by atoms with Crippen molar-refractivity contribution < 1.29 is 9.21 Å². The second kappa shape index (κ2) is 6.69. The number of benzene rings is 1. The summed E-state index contributed by atoms with van der Waals surface area (Å²) >= 11 is 0. The van der Waals surface area contributed by atoms with Crippen LogP contribution in [-0.2, 0) is 6.54 Å². The first-order valence-corrected chi connectivity index (χ1v) is 7.93. The number of carbonyl (C=O) groups is 1. The van der Waals surface area contributed by atoms with Crippen LogP contribution in [0, 0.1) is 0 Å². The summed E-state index contributed by atoms with van der Waals surface area (Å²) in [4.78, 5) is 14.7. The monoisotopic (exact) mass is 298 g/mol. The van der Waals surface area contributed by atoms with Gasteiger partial charge < -0.3 is 15.1 Å². The van der Waals surface area contributed by atoms with Gasteiger partial charge in [0.1, 0.15) is 0 Å². The number of rotatable bonds is 4. The van der Waals surface area contributed by atoms with Crippen molar-refractivity contribution >= 4 is 11.6 Å². The van der Waals surface area contributed by atoms with E-state index in [-0.39, 0.29) is 5.91 Å². The van der Waals surface area contributed by atoms with Gasteiger partial charge in [0.25, 0.3) is 5.91 Å². The van der Waals surface area contributed by atoms with Crippen LogP contribution in [0.1, 0.15) is 48.2 Å². The first-order chi connectivity index (χ1) is 10.7. The van der Waals surface area contributed by atoms with Crippen molar-refractivity contribution in [2.24, 2.45) is 0 Å². The van der Waals surface area contributed by atoms with Crippen LogP contribution >= 0.6 is 0 Å². The Labute approximate surface area is 130 Å². The van der Waals surface area contributed by atoms with E-state index in [4.69, 9.17) is 10.2 Å². The third-order valence-corrected chi connectivity index (χ3v) is 4.34. The molecular weight excluding hydrogens is 276 g/mol. The Balaban J connectivity index is 1.81. The lowest BCUT2D eigenvalue weighted by atomic mass is 9.93. The fraction of sp³-hybridized carbons (Fsp3) is 0.389. The van der Waals surface area contributed by atoms with Crippen LogP contribution in [0.3, 0.4) is 0 Å². The van der Waals surface area contributed by atoms with Gasteiger partial charge in [-0.1, -0.05) is 31.4 Å². The van der Waals surface area contributed by atoms with Gasteiger partial charge >= 0.3 is 0 Å². The average molecular weight is 298 g/mol. The number of nitrogen functional groups attached to an aromatic ring is 1. The number of amides is 1. The molecule has 1 aliphatic carbocycles. The summed E-state index contributed by atoms with van der Waals surface area (Å²) in [7, 11) is 0. The smallest absolute Gasteiger partial charge is 0.290 e. The van der Waals surface area contributed by atoms with E-state index in [0.717, 1.165) is 24.1 Å². The number of hydrogen-bond acceptors (Lipinski definition) is 3. The Bertz CT molecular complexity index is 599.